The molecule has 0 N–H and O–H groups in total. The molecule has 0 radical (unpaired) electrons. The highest BCUT2D eigenvalue weighted by molar-refractivity contribution is 4.91. The normalized spacial score (nSPS) is 10.7. The molecule has 90 valence electrons. The van der Waals surface area contributed by atoms with Crippen LogP contribution in [0, 0.1) is 0 Å². The summed E-state index contributed by atoms with van der Waals surface area (Å²) in [7, 11) is 1.72. The van der Waals surface area contributed by atoms with Crippen molar-refractivity contribution >= 4 is 0 Å². The van der Waals surface area contributed by atoms with Gasteiger partial charge in [0, 0.05) is 25.9 Å². The van der Waals surface area contributed by atoms with Crippen molar-refractivity contribution in [2.75, 3.05) is 0 Å². The highest BCUT2D eigenvalue weighted by Crippen LogP contribution is 1.91. The summed E-state index contributed by atoms with van der Waals surface area (Å²) in [5.41, 5.74) is -0.661. The largest absolute Gasteiger partial charge is 0.331 e. The third-order valence-corrected chi connectivity index (χ3v) is 2.59. The molecule has 0 saturated carbocycles. The summed E-state index contributed by atoms with van der Waals surface area (Å²) in [5.74, 6) is 0.568. The summed E-state index contributed by atoms with van der Waals surface area (Å²) in [6, 6.07) is 1.38. The van der Waals surface area contributed by atoms with Crippen molar-refractivity contribution in [3.05, 3.63) is 45.3 Å². The van der Waals surface area contributed by atoms with Crippen molar-refractivity contribution < 1.29 is 0 Å². The molecule has 0 spiro atoms. The first-order chi connectivity index (χ1) is 8.13. The van der Waals surface area contributed by atoms with Gasteiger partial charge in [-0.25, -0.2) is 9.78 Å². The van der Waals surface area contributed by atoms with E-state index in [9.17, 15) is 9.59 Å². The van der Waals surface area contributed by atoms with Crippen LogP contribution in [0.25, 0.3) is 0 Å². The van der Waals surface area contributed by atoms with Gasteiger partial charge >= 0.3 is 5.69 Å². The summed E-state index contributed by atoms with van der Waals surface area (Å²) < 4.78 is 4.15. The molecule has 0 aliphatic rings. The molecule has 0 bridgehead atoms. The van der Waals surface area contributed by atoms with Crippen LogP contribution in [0.3, 0.4) is 0 Å². The minimum Gasteiger partial charge on any atom is -0.301 e. The Bertz CT molecular complexity index is 637. The Morgan fingerprint density at radius 2 is 2.12 bits per heavy atom. The van der Waals surface area contributed by atoms with E-state index in [-0.39, 0.29) is 17.8 Å². The lowest BCUT2D eigenvalue weighted by Gasteiger charge is -2.07. The first-order valence-electron chi connectivity index (χ1n) is 5.26. The summed E-state index contributed by atoms with van der Waals surface area (Å²) in [6.07, 6.45) is 2.89. The molecular weight excluding hydrogens is 222 g/mol. The average molecular weight is 235 g/mol. The van der Waals surface area contributed by atoms with Crippen LogP contribution < -0.4 is 11.2 Å². The van der Waals surface area contributed by atoms with Crippen LogP contribution >= 0.6 is 0 Å². The van der Waals surface area contributed by atoms with Gasteiger partial charge in [0.25, 0.3) is 5.56 Å². The Hall–Kier alpha value is -2.18. The van der Waals surface area contributed by atoms with Gasteiger partial charge in [0.05, 0.1) is 6.54 Å². The number of aromatic nitrogens is 5. The van der Waals surface area contributed by atoms with Gasteiger partial charge in [-0.3, -0.25) is 14.0 Å². The summed E-state index contributed by atoms with van der Waals surface area (Å²) in [4.78, 5) is 27.6. The first-order valence-corrected chi connectivity index (χ1v) is 5.26. The number of aryl methyl sites for hydroxylation is 2. The Morgan fingerprint density at radius 3 is 2.71 bits per heavy atom. The summed E-state index contributed by atoms with van der Waals surface area (Å²) in [6.45, 7) is 2.51. The number of rotatable bonds is 3. The lowest BCUT2D eigenvalue weighted by molar-refractivity contribution is 0.568. The highest BCUT2D eigenvalue weighted by atomic mass is 16.2. The first kappa shape index (κ1) is 11.3. The molecule has 2 rings (SSSR count). The molecule has 7 heteroatoms. The monoisotopic (exact) mass is 235 g/mol. The maximum Gasteiger partial charge on any atom is 0.331 e. The standard InChI is InChI=1S/C10H13N5O2/c1-3-14-5-4-9(16)15(10(14)17)6-8-11-7-12-13(8)2/h4-5,7H,3,6H2,1-2H3. The second kappa shape index (κ2) is 4.36. The number of nitrogens with zero attached hydrogens (tertiary/aromatic N) is 5. The zero-order valence-corrected chi connectivity index (χ0v) is 9.70. The second-order valence-electron chi connectivity index (χ2n) is 3.61. The van der Waals surface area contributed by atoms with Crippen LogP contribution in [0.2, 0.25) is 0 Å². The van der Waals surface area contributed by atoms with E-state index < -0.39 is 0 Å². The van der Waals surface area contributed by atoms with Crippen molar-refractivity contribution in [1.29, 1.82) is 0 Å². The molecule has 0 aliphatic heterocycles. The molecule has 2 aromatic heterocycles. The van der Waals surface area contributed by atoms with Crippen molar-refractivity contribution in [3.8, 4) is 0 Å². The van der Waals surface area contributed by atoms with E-state index in [0.29, 0.717) is 12.4 Å². The maximum atomic E-state index is 11.9. The van der Waals surface area contributed by atoms with Crippen LogP contribution in [0.5, 0.6) is 0 Å². The topological polar surface area (TPSA) is 74.7 Å². The molecule has 0 fully saturated rings. The molecule has 2 heterocycles. The minimum atomic E-state index is -0.331. The Labute approximate surface area is 97.0 Å². The predicted molar refractivity (Wildman–Crippen MR) is 60.7 cm³/mol. The number of hydrogen-bond donors (Lipinski definition) is 0. The van der Waals surface area contributed by atoms with Crippen LogP contribution in [-0.4, -0.2) is 23.9 Å². The lowest BCUT2D eigenvalue weighted by atomic mass is 10.5. The molecule has 0 amide bonds. The minimum absolute atomic E-state index is 0.134. The second-order valence-corrected chi connectivity index (χ2v) is 3.61. The highest BCUT2D eigenvalue weighted by Gasteiger charge is 2.08. The van der Waals surface area contributed by atoms with Gasteiger partial charge in [-0.2, -0.15) is 5.10 Å². The molecular formula is C10H13N5O2. The third-order valence-electron chi connectivity index (χ3n) is 2.59. The molecule has 7 nitrogen and oxygen atoms in total. The number of hydrogen-bond acceptors (Lipinski definition) is 4. The van der Waals surface area contributed by atoms with Gasteiger partial charge < -0.3 is 4.57 Å². The summed E-state index contributed by atoms with van der Waals surface area (Å²) in [5, 5.41) is 3.90. The quantitative estimate of drug-likeness (QED) is 0.698. The maximum absolute atomic E-state index is 11.9. The van der Waals surface area contributed by atoms with Gasteiger partial charge in [0.1, 0.15) is 12.2 Å². The third kappa shape index (κ3) is 2.03. The van der Waals surface area contributed by atoms with Gasteiger partial charge in [-0.15, -0.1) is 0 Å². The molecule has 0 unspecified atom stereocenters. The fraction of sp³-hybridized carbons (Fsp3) is 0.400. The average Bonchev–Trinajstić information content (AvgIpc) is 2.70. The van der Waals surface area contributed by atoms with Crippen LogP contribution in [0.15, 0.2) is 28.2 Å². The van der Waals surface area contributed by atoms with E-state index in [2.05, 4.69) is 10.1 Å². The molecule has 17 heavy (non-hydrogen) atoms. The Balaban J connectivity index is 2.49. The molecule has 0 saturated heterocycles. The van der Waals surface area contributed by atoms with E-state index >= 15 is 0 Å². The van der Waals surface area contributed by atoms with Crippen LogP contribution in [0.1, 0.15) is 12.7 Å². The van der Waals surface area contributed by atoms with E-state index in [0.717, 1.165) is 4.57 Å². The predicted octanol–water partition coefficient (Wildman–Crippen LogP) is -0.793. The zero-order valence-electron chi connectivity index (χ0n) is 9.70. The fourth-order valence-corrected chi connectivity index (χ4v) is 1.55. The van der Waals surface area contributed by atoms with E-state index in [1.54, 1.807) is 7.05 Å². The molecule has 0 aromatic carbocycles. The molecule has 0 aliphatic carbocycles. The van der Waals surface area contributed by atoms with Gasteiger partial charge in [-0.05, 0) is 6.92 Å². The van der Waals surface area contributed by atoms with Crippen molar-refractivity contribution in [3.63, 3.8) is 0 Å². The fourth-order valence-electron chi connectivity index (χ4n) is 1.55. The van der Waals surface area contributed by atoms with Crippen molar-refractivity contribution in [1.82, 2.24) is 23.9 Å². The molecule has 0 atom stereocenters. The van der Waals surface area contributed by atoms with E-state index in [1.807, 2.05) is 6.92 Å². The SMILES string of the molecule is CCn1ccc(=O)n(Cc2ncnn2C)c1=O. The van der Waals surface area contributed by atoms with E-state index in [4.69, 9.17) is 0 Å². The Morgan fingerprint density at radius 1 is 1.35 bits per heavy atom. The van der Waals surface area contributed by atoms with Crippen molar-refractivity contribution in [2.45, 2.75) is 20.0 Å². The van der Waals surface area contributed by atoms with Crippen molar-refractivity contribution in [2.24, 2.45) is 7.05 Å². The lowest BCUT2D eigenvalue weighted by Crippen LogP contribution is -2.39. The molecule has 2 aromatic rings. The van der Waals surface area contributed by atoms with Gasteiger partial charge in [0.15, 0.2) is 0 Å². The zero-order chi connectivity index (χ0) is 12.4. The van der Waals surface area contributed by atoms with Crippen LogP contribution in [0.4, 0.5) is 0 Å². The van der Waals surface area contributed by atoms with Gasteiger partial charge in [-0.1, -0.05) is 0 Å². The van der Waals surface area contributed by atoms with Gasteiger partial charge in [0.2, 0.25) is 0 Å². The Kier molecular flexibility index (Phi) is 2.90. The van der Waals surface area contributed by atoms with E-state index in [1.165, 1.54) is 27.8 Å². The smallest absolute Gasteiger partial charge is 0.301 e. The van der Waals surface area contributed by atoms with Crippen LogP contribution in [-0.2, 0) is 20.1 Å². The summed E-state index contributed by atoms with van der Waals surface area (Å²) >= 11 is 0.